The molecule has 0 atom stereocenters. The molecule has 0 radical (unpaired) electrons. The summed E-state index contributed by atoms with van der Waals surface area (Å²) >= 11 is 0. The summed E-state index contributed by atoms with van der Waals surface area (Å²) < 4.78 is 20.3. The van der Waals surface area contributed by atoms with Gasteiger partial charge in [-0.3, -0.25) is 9.59 Å². The predicted octanol–water partition coefficient (Wildman–Crippen LogP) is 3.92. The van der Waals surface area contributed by atoms with Crippen molar-refractivity contribution in [3.8, 4) is 5.75 Å². The molecule has 30 heavy (non-hydrogen) atoms. The molecule has 3 aromatic rings. The van der Waals surface area contributed by atoms with Gasteiger partial charge in [-0.05, 0) is 31.0 Å². The topological polar surface area (TPSA) is 73.2 Å². The highest BCUT2D eigenvalue weighted by molar-refractivity contribution is 6.04. The van der Waals surface area contributed by atoms with Crippen molar-refractivity contribution in [3.05, 3.63) is 70.4 Å². The highest BCUT2D eigenvalue weighted by Gasteiger charge is 2.16. The fourth-order valence-electron chi connectivity index (χ4n) is 3.17. The molecule has 0 spiro atoms. The van der Waals surface area contributed by atoms with E-state index in [0.717, 1.165) is 19.3 Å². The fraction of sp³-hybridized carbons (Fsp3) is 0.348. The van der Waals surface area contributed by atoms with Gasteiger partial charge in [-0.15, -0.1) is 0 Å². The molecule has 0 aliphatic rings. The first kappa shape index (κ1) is 21.5. The third kappa shape index (κ3) is 5.23. The van der Waals surface area contributed by atoms with Crippen LogP contribution in [0.5, 0.6) is 5.75 Å². The minimum atomic E-state index is -0.414. The van der Waals surface area contributed by atoms with E-state index in [9.17, 15) is 14.0 Å². The average Bonchev–Trinajstić information content (AvgIpc) is 2.76. The molecule has 0 fully saturated rings. The van der Waals surface area contributed by atoms with Crippen molar-refractivity contribution in [2.24, 2.45) is 0 Å². The lowest BCUT2D eigenvalue weighted by Crippen LogP contribution is -2.31. The van der Waals surface area contributed by atoms with Crippen molar-refractivity contribution in [1.82, 2.24) is 15.1 Å². The van der Waals surface area contributed by atoms with E-state index in [1.54, 1.807) is 42.5 Å². The molecule has 1 aromatic heterocycles. The number of aryl methyl sites for hydroxylation is 1. The molecule has 0 bridgehead atoms. The number of hydrogen-bond acceptors (Lipinski definition) is 4. The van der Waals surface area contributed by atoms with E-state index < -0.39 is 5.82 Å². The van der Waals surface area contributed by atoms with Gasteiger partial charge in [-0.25, -0.2) is 9.07 Å². The van der Waals surface area contributed by atoms with Gasteiger partial charge in [0.1, 0.15) is 0 Å². The molecular weight excluding hydrogens is 385 g/mol. The number of amides is 1. The summed E-state index contributed by atoms with van der Waals surface area (Å²) in [6.07, 6.45) is 3.36. The number of aromatic nitrogens is 2. The van der Waals surface area contributed by atoms with Crippen LogP contribution in [0.2, 0.25) is 0 Å². The van der Waals surface area contributed by atoms with Crippen LogP contribution in [0.15, 0.2) is 53.3 Å². The first-order valence-electron chi connectivity index (χ1n) is 10.3. The summed E-state index contributed by atoms with van der Waals surface area (Å²) in [5.41, 5.74) is 0.0493. The number of hydrogen-bond donors (Lipinski definition) is 1. The average molecular weight is 411 g/mol. The van der Waals surface area contributed by atoms with Crippen molar-refractivity contribution in [2.75, 3.05) is 13.2 Å². The smallest absolute Gasteiger partial charge is 0.274 e. The number of unbranched alkanes of at least 4 members (excludes halogenated alkanes) is 2. The quantitative estimate of drug-likeness (QED) is 0.513. The van der Waals surface area contributed by atoms with Crippen molar-refractivity contribution in [2.45, 2.75) is 39.2 Å². The zero-order valence-electron chi connectivity index (χ0n) is 17.1. The van der Waals surface area contributed by atoms with E-state index in [1.807, 2.05) is 0 Å². The van der Waals surface area contributed by atoms with Crippen LogP contribution in [-0.4, -0.2) is 28.8 Å². The normalized spacial score (nSPS) is 10.9. The van der Waals surface area contributed by atoms with Crippen LogP contribution in [0.4, 0.5) is 4.39 Å². The van der Waals surface area contributed by atoms with Gasteiger partial charge in [0, 0.05) is 18.5 Å². The van der Waals surface area contributed by atoms with Gasteiger partial charge >= 0.3 is 0 Å². The second kappa shape index (κ2) is 10.5. The highest BCUT2D eigenvalue weighted by Crippen LogP contribution is 2.16. The summed E-state index contributed by atoms with van der Waals surface area (Å²) in [7, 11) is 0. The van der Waals surface area contributed by atoms with Crippen LogP contribution in [0.3, 0.4) is 0 Å². The molecule has 3 rings (SSSR count). The lowest BCUT2D eigenvalue weighted by Gasteiger charge is -2.11. The van der Waals surface area contributed by atoms with Gasteiger partial charge < -0.3 is 10.1 Å². The number of carbonyl (C=O) groups is 1. The number of halogens is 1. The number of carbonyl (C=O) groups excluding carboxylic acids is 1. The molecule has 0 unspecified atom stereocenters. The van der Waals surface area contributed by atoms with Crippen molar-refractivity contribution in [3.63, 3.8) is 0 Å². The summed E-state index contributed by atoms with van der Waals surface area (Å²) in [6, 6.07) is 13.2. The number of para-hydroxylation sites is 1. The third-order valence-electron chi connectivity index (χ3n) is 4.76. The first-order valence-corrected chi connectivity index (χ1v) is 10.3. The number of nitrogens with one attached hydrogen (secondary N) is 1. The third-order valence-corrected chi connectivity index (χ3v) is 4.76. The van der Waals surface area contributed by atoms with E-state index in [0.29, 0.717) is 30.3 Å². The summed E-state index contributed by atoms with van der Waals surface area (Å²) in [6.45, 7) is 3.18. The monoisotopic (exact) mass is 411 g/mol. The number of ether oxygens (including phenoxy) is 1. The second-order valence-electron chi connectivity index (χ2n) is 7.02. The lowest BCUT2D eigenvalue weighted by molar-refractivity contribution is 0.0946. The molecule has 0 saturated heterocycles. The maximum atomic E-state index is 13.5. The Kier molecular flexibility index (Phi) is 7.54. The zero-order valence-corrected chi connectivity index (χ0v) is 17.1. The molecule has 0 aliphatic carbocycles. The minimum Gasteiger partial charge on any atom is -0.490 e. The SMILES string of the molecule is CCCCCn1nc(C(=O)NCCCOc2ccccc2F)c2ccccc2c1=O. The lowest BCUT2D eigenvalue weighted by atomic mass is 10.1. The standard InChI is InChI=1S/C23H26FN3O3/c1-2-3-8-15-27-23(29)18-11-5-4-10-17(18)21(26-27)22(28)25-14-9-16-30-20-13-7-6-12-19(20)24/h4-7,10-13H,2-3,8-9,14-16H2,1H3,(H,25,28). The van der Waals surface area contributed by atoms with Crippen molar-refractivity contribution < 1.29 is 13.9 Å². The number of rotatable bonds is 10. The predicted molar refractivity (Wildman–Crippen MR) is 114 cm³/mol. The molecule has 1 N–H and O–H groups in total. The van der Waals surface area contributed by atoms with Crippen LogP contribution in [-0.2, 0) is 6.54 Å². The van der Waals surface area contributed by atoms with Crippen LogP contribution in [0.1, 0.15) is 43.1 Å². The number of fused-ring (bicyclic) bond motifs is 1. The van der Waals surface area contributed by atoms with E-state index in [4.69, 9.17) is 4.74 Å². The molecular formula is C23H26FN3O3. The Morgan fingerprint density at radius 3 is 2.57 bits per heavy atom. The Balaban J connectivity index is 1.65. The summed E-state index contributed by atoms with van der Waals surface area (Å²) in [5.74, 6) is -0.570. The van der Waals surface area contributed by atoms with Crippen LogP contribution >= 0.6 is 0 Å². The van der Waals surface area contributed by atoms with Crippen LogP contribution in [0.25, 0.3) is 10.8 Å². The first-order chi connectivity index (χ1) is 14.6. The van der Waals surface area contributed by atoms with E-state index in [1.165, 1.54) is 10.7 Å². The van der Waals surface area contributed by atoms with E-state index >= 15 is 0 Å². The molecule has 2 aromatic carbocycles. The maximum absolute atomic E-state index is 13.5. The van der Waals surface area contributed by atoms with Gasteiger partial charge in [-0.2, -0.15) is 5.10 Å². The minimum absolute atomic E-state index is 0.184. The fourth-order valence-corrected chi connectivity index (χ4v) is 3.17. The van der Waals surface area contributed by atoms with Gasteiger partial charge in [0.15, 0.2) is 17.3 Å². The van der Waals surface area contributed by atoms with E-state index in [2.05, 4.69) is 17.3 Å². The van der Waals surface area contributed by atoms with Crippen molar-refractivity contribution in [1.29, 1.82) is 0 Å². The molecule has 158 valence electrons. The Morgan fingerprint density at radius 2 is 1.80 bits per heavy atom. The van der Waals surface area contributed by atoms with Gasteiger partial charge in [0.25, 0.3) is 11.5 Å². The van der Waals surface area contributed by atoms with Gasteiger partial charge in [-0.1, -0.05) is 50.1 Å². The van der Waals surface area contributed by atoms with Gasteiger partial charge in [0.2, 0.25) is 0 Å². The molecule has 6 nitrogen and oxygen atoms in total. The Hall–Kier alpha value is -3.22. The molecule has 7 heteroatoms. The van der Waals surface area contributed by atoms with Crippen LogP contribution in [0, 0.1) is 5.82 Å². The second-order valence-corrected chi connectivity index (χ2v) is 7.02. The largest absolute Gasteiger partial charge is 0.490 e. The Labute approximate surface area is 174 Å². The number of benzene rings is 2. The Bertz CT molecular complexity index is 1060. The van der Waals surface area contributed by atoms with E-state index in [-0.39, 0.29) is 29.5 Å². The maximum Gasteiger partial charge on any atom is 0.274 e. The molecule has 1 amide bonds. The number of nitrogens with zero attached hydrogens (tertiary/aromatic N) is 2. The molecule has 1 heterocycles. The zero-order chi connectivity index (χ0) is 21.3. The highest BCUT2D eigenvalue weighted by atomic mass is 19.1. The molecule has 0 saturated carbocycles. The van der Waals surface area contributed by atoms with Crippen LogP contribution < -0.4 is 15.6 Å². The summed E-state index contributed by atoms with van der Waals surface area (Å²) in [5, 5.41) is 8.18. The van der Waals surface area contributed by atoms with Gasteiger partial charge in [0.05, 0.1) is 12.0 Å². The van der Waals surface area contributed by atoms with Crippen molar-refractivity contribution >= 4 is 16.7 Å². The Morgan fingerprint density at radius 1 is 1.07 bits per heavy atom. The summed E-state index contributed by atoms with van der Waals surface area (Å²) in [4.78, 5) is 25.4. The molecule has 0 aliphatic heterocycles.